The van der Waals surface area contributed by atoms with E-state index in [1.165, 1.54) is 0 Å². The van der Waals surface area contributed by atoms with Crippen molar-refractivity contribution in [3.8, 4) is 12.0 Å². The van der Waals surface area contributed by atoms with Crippen LogP contribution in [0.2, 0.25) is 0 Å². The summed E-state index contributed by atoms with van der Waals surface area (Å²) < 4.78 is 0. The number of carboxylic acid groups (broad SMARTS) is 1. The highest BCUT2D eigenvalue weighted by atomic mass is 16.4. The number of hydrogen-bond acceptors (Lipinski definition) is 4. The van der Waals surface area contributed by atoms with Crippen molar-refractivity contribution in [1.82, 2.24) is 5.32 Å². The number of aliphatic carboxylic acids is 1. The molecule has 0 aromatic heterocycles. The molecule has 136 valence electrons. The van der Waals surface area contributed by atoms with Gasteiger partial charge in [0.05, 0.1) is 6.42 Å². The number of anilines is 1. The van der Waals surface area contributed by atoms with Crippen molar-refractivity contribution < 1.29 is 19.5 Å². The second-order valence-corrected chi connectivity index (χ2v) is 5.88. The number of nitrogens with two attached hydrogens (primary N) is 1. The summed E-state index contributed by atoms with van der Waals surface area (Å²) >= 11 is 0. The molecule has 0 saturated carbocycles. The number of carbonyl (C=O) groups excluding carboxylic acids is 2. The fourth-order valence-electron chi connectivity index (χ4n) is 2.63. The average molecular weight is 356 g/mol. The van der Waals surface area contributed by atoms with Crippen LogP contribution in [0, 0.1) is 23.3 Å². The molecule has 8 nitrogen and oxygen atoms in total. The minimum Gasteiger partial charge on any atom is -0.481 e. The third-order valence-corrected chi connectivity index (χ3v) is 3.99. The molecule has 1 fully saturated rings. The molecule has 0 bridgehead atoms. The predicted molar refractivity (Wildman–Crippen MR) is 95.3 cm³/mol. The van der Waals surface area contributed by atoms with Gasteiger partial charge < -0.3 is 15.7 Å². The highest BCUT2D eigenvalue weighted by molar-refractivity contribution is 6.00. The Hall–Kier alpha value is -3.34. The number of carboxylic acids is 1. The average Bonchev–Trinajstić information content (AvgIpc) is 2.95. The molecule has 1 atom stereocenters. The largest absolute Gasteiger partial charge is 0.481 e. The maximum atomic E-state index is 12.5. The zero-order valence-corrected chi connectivity index (χ0v) is 14.1. The molecule has 0 aliphatic carbocycles. The molecular weight excluding hydrogens is 336 g/mol. The Kier molecular flexibility index (Phi) is 6.33. The summed E-state index contributed by atoms with van der Waals surface area (Å²) in [5, 5.41) is 18.2. The van der Waals surface area contributed by atoms with Crippen molar-refractivity contribution in [2.24, 2.45) is 11.7 Å². The van der Waals surface area contributed by atoms with Gasteiger partial charge in [0.15, 0.2) is 0 Å². The number of rotatable bonds is 6. The maximum absolute atomic E-state index is 12.5. The summed E-state index contributed by atoms with van der Waals surface area (Å²) in [6, 6.07) is 9.23. The van der Waals surface area contributed by atoms with E-state index in [0.29, 0.717) is 24.2 Å². The van der Waals surface area contributed by atoms with Crippen molar-refractivity contribution in [1.29, 1.82) is 5.41 Å². The van der Waals surface area contributed by atoms with Gasteiger partial charge in [0, 0.05) is 42.6 Å². The summed E-state index contributed by atoms with van der Waals surface area (Å²) in [7, 11) is 0. The van der Waals surface area contributed by atoms with E-state index in [1.807, 2.05) is 0 Å². The number of nitrogen functional groups attached to an aromatic ring is 1. The molecule has 5 N–H and O–H groups in total. The molecule has 1 heterocycles. The van der Waals surface area contributed by atoms with E-state index in [0.717, 1.165) is 0 Å². The minimum atomic E-state index is -0.946. The van der Waals surface area contributed by atoms with Crippen LogP contribution in [0.1, 0.15) is 31.2 Å². The van der Waals surface area contributed by atoms with Crippen LogP contribution in [-0.4, -0.2) is 35.3 Å². The standard InChI is InChI=1S/C18H20N4O4/c19-17(20)12-4-6-14(7-5-12)22-10-8-13(18(22)26)11-15(23)21-9-2-1-3-16(24)25/h4-7,13H,1,3,8,10-11H2,(H3,19,20)(H,21,23)(H,24,25)/t13-/m0/s1. The third-order valence-electron chi connectivity index (χ3n) is 3.99. The first-order valence-electron chi connectivity index (χ1n) is 8.13. The molecule has 1 aromatic carbocycles. The molecule has 1 aliphatic heterocycles. The Bertz CT molecular complexity index is 777. The van der Waals surface area contributed by atoms with Crippen LogP contribution in [-0.2, 0) is 14.4 Å². The normalized spacial score (nSPS) is 15.9. The van der Waals surface area contributed by atoms with E-state index in [4.69, 9.17) is 16.2 Å². The first-order valence-corrected chi connectivity index (χ1v) is 8.13. The highest BCUT2D eigenvalue weighted by Gasteiger charge is 2.33. The molecule has 2 rings (SSSR count). The SMILES string of the molecule is N=C(N)c1ccc(N2CC[C@@H](CC(=O)NC#CCCC(=O)O)C2=O)cc1. The number of amidine groups is 1. The molecule has 1 aromatic rings. The summed E-state index contributed by atoms with van der Waals surface area (Å²) in [6.45, 7) is 0.514. The molecule has 0 spiro atoms. The van der Waals surface area contributed by atoms with E-state index >= 15 is 0 Å². The van der Waals surface area contributed by atoms with Gasteiger partial charge in [-0.2, -0.15) is 0 Å². The van der Waals surface area contributed by atoms with Gasteiger partial charge in [0.2, 0.25) is 11.8 Å². The second-order valence-electron chi connectivity index (χ2n) is 5.88. The van der Waals surface area contributed by atoms with Crippen molar-refractivity contribution in [3.05, 3.63) is 29.8 Å². The molecule has 1 aliphatic rings. The lowest BCUT2D eigenvalue weighted by atomic mass is 10.0. The summed E-state index contributed by atoms with van der Waals surface area (Å²) in [5.74, 6) is 0.658. The van der Waals surface area contributed by atoms with Crippen LogP contribution in [0.4, 0.5) is 5.69 Å². The Labute approximate surface area is 150 Å². The number of hydrogen-bond donors (Lipinski definition) is 4. The van der Waals surface area contributed by atoms with Gasteiger partial charge in [0.1, 0.15) is 5.84 Å². The predicted octanol–water partition coefficient (Wildman–Crippen LogP) is 0.656. The first-order chi connectivity index (χ1) is 12.4. The molecular formula is C18H20N4O4. The quantitative estimate of drug-likeness (QED) is 0.257. The lowest BCUT2D eigenvalue weighted by molar-refractivity contribution is -0.136. The Balaban J connectivity index is 1.87. The fourth-order valence-corrected chi connectivity index (χ4v) is 2.63. The topological polar surface area (TPSA) is 137 Å². The molecule has 8 heteroatoms. The van der Waals surface area contributed by atoms with Crippen molar-refractivity contribution >= 4 is 29.3 Å². The van der Waals surface area contributed by atoms with Crippen LogP contribution >= 0.6 is 0 Å². The molecule has 0 unspecified atom stereocenters. The Morgan fingerprint density at radius 1 is 1.35 bits per heavy atom. The van der Waals surface area contributed by atoms with Gasteiger partial charge in [-0.25, -0.2) is 0 Å². The van der Waals surface area contributed by atoms with Crippen LogP contribution in [0.3, 0.4) is 0 Å². The van der Waals surface area contributed by atoms with Crippen molar-refractivity contribution in [2.45, 2.75) is 25.7 Å². The number of benzene rings is 1. The highest BCUT2D eigenvalue weighted by Crippen LogP contribution is 2.27. The van der Waals surface area contributed by atoms with E-state index in [-0.39, 0.29) is 36.9 Å². The van der Waals surface area contributed by atoms with Gasteiger partial charge in [0.25, 0.3) is 0 Å². The zero-order chi connectivity index (χ0) is 19.1. The maximum Gasteiger partial charge on any atom is 0.304 e. The lowest BCUT2D eigenvalue weighted by Gasteiger charge is -2.17. The van der Waals surface area contributed by atoms with Gasteiger partial charge in [-0.05, 0) is 30.7 Å². The fraction of sp³-hybridized carbons (Fsp3) is 0.333. The molecule has 26 heavy (non-hydrogen) atoms. The monoisotopic (exact) mass is 356 g/mol. The van der Waals surface area contributed by atoms with Gasteiger partial charge in [-0.1, -0.05) is 5.92 Å². The Morgan fingerprint density at radius 2 is 2.04 bits per heavy atom. The van der Waals surface area contributed by atoms with Crippen LogP contribution < -0.4 is 16.0 Å². The number of amides is 2. The number of nitrogens with zero attached hydrogens (tertiary/aromatic N) is 1. The lowest BCUT2D eigenvalue weighted by Crippen LogP contribution is -2.29. The van der Waals surface area contributed by atoms with Crippen molar-refractivity contribution in [2.75, 3.05) is 11.4 Å². The van der Waals surface area contributed by atoms with E-state index in [2.05, 4.69) is 17.3 Å². The van der Waals surface area contributed by atoms with Crippen LogP contribution in [0.5, 0.6) is 0 Å². The van der Waals surface area contributed by atoms with Gasteiger partial charge in [-0.15, -0.1) is 0 Å². The van der Waals surface area contributed by atoms with E-state index in [9.17, 15) is 14.4 Å². The molecule has 2 amide bonds. The van der Waals surface area contributed by atoms with Gasteiger partial charge in [-0.3, -0.25) is 25.1 Å². The van der Waals surface area contributed by atoms with E-state index in [1.54, 1.807) is 29.2 Å². The Morgan fingerprint density at radius 3 is 2.65 bits per heavy atom. The summed E-state index contributed by atoms with van der Waals surface area (Å²) in [4.78, 5) is 36.3. The van der Waals surface area contributed by atoms with E-state index < -0.39 is 11.9 Å². The zero-order valence-electron chi connectivity index (χ0n) is 14.1. The molecule has 0 radical (unpaired) electrons. The third kappa shape index (κ3) is 5.08. The number of carbonyl (C=O) groups is 3. The number of nitrogens with one attached hydrogen (secondary N) is 2. The smallest absolute Gasteiger partial charge is 0.304 e. The van der Waals surface area contributed by atoms with Crippen LogP contribution in [0.15, 0.2) is 24.3 Å². The van der Waals surface area contributed by atoms with Crippen molar-refractivity contribution in [3.63, 3.8) is 0 Å². The molecule has 1 saturated heterocycles. The van der Waals surface area contributed by atoms with Crippen LogP contribution in [0.25, 0.3) is 0 Å². The minimum absolute atomic E-state index is 0.0362. The van der Waals surface area contributed by atoms with Gasteiger partial charge >= 0.3 is 5.97 Å². The first kappa shape index (κ1) is 19.0. The summed E-state index contributed by atoms with van der Waals surface area (Å²) in [6.07, 6.45) is 0.672. The summed E-state index contributed by atoms with van der Waals surface area (Å²) in [5.41, 5.74) is 6.70. The second kappa shape index (κ2) is 8.67.